The fourth-order valence-electron chi connectivity index (χ4n) is 2.51. The highest BCUT2D eigenvalue weighted by molar-refractivity contribution is 5.94. The minimum atomic E-state index is -0.624. The molecular formula is C21H25NO3. The Morgan fingerprint density at radius 3 is 2.44 bits per heavy atom. The SMILES string of the molecule is CC(=O)c1cccc(O[C@@H](C)C(=O)N[C@@H](C)CCc2ccccc2)c1. The van der Waals surface area contributed by atoms with Gasteiger partial charge in [0.15, 0.2) is 11.9 Å². The molecule has 132 valence electrons. The van der Waals surface area contributed by atoms with E-state index in [0.717, 1.165) is 12.8 Å². The third-order valence-electron chi connectivity index (χ3n) is 4.02. The van der Waals surface area contributed by atoms with Crippen LogP contribution in [0.4, 0.5) is 0 Å². The number of amides is 1. The van der Waals surface area contributed by atoms with E-state index in [1.54, 1.807) is 31.2 Å². The summed E-state index contributed by atoms with van der Waals surface area (Å²) in [6, 6.07) is 17.1. The average molecular weight is 339 g/mol. The molecule has 1 N–H and O–H groups in total. The molecule has 0 saturated carbocycles. The number of Topliss-reactive ketones (excluding diaryl/α,β-unsaturated/α-hetero) is 1. The zero-order valence-corrected chi connectivity index (χ0v) is 15.0. The van der Waals surface area contributed by atoms with Gasteiger partial charge < -0.3 is 10.1 Å². The van der Waals surface area contributed by atoms with E-state index in [1.165, 1.54) is 12.5 Å². The molecule has 0 aliphatic rings. The van der Waals surface area contributed by atoms with E-state index < -0.39 is 6.10 Å². The summed E-state index contributed by atoms with van der Waals surface area (Å²) in [7, 11) is 0. The Morgan fingerprint density at radius 2 is 1.76 bits per heavy atom. The molecule has 0 fully saturated rings. The Balaban J connectivity index is 1.83. The van der Waals surface area contributed by atoms with Crippen LogP contribution in [-0.4, -0.2) is 23.8 Å². The van der Waals surface area contributed by atoms with Gasteiger partial charge in [0, 0.05) is 11.6 Å². The zero-order chi connectivity index (χ0) is 18.2. The average Bonchev–Trinajstić information content (AvgIpc) is 2.61. The van der Waals surface area contributed by atoms with Gasteiger partial charge in [-0.25, -0.2) is 0 Å². The fraction of sp³-hybridized carbons (Fsp3) is 0.333. The minimum Gasteiger partial charge on any atom is -0.481 e. The van der Waals surface area contributed by atoms with Crippen molar-refractivity contribution in [1.82, 2.24) is 5.32 Å². The van der Waals surface area contributed by atoms with Gasteiger partial charge in [-0.15, -0.1) is 0 Å². The van der Waals surface area contributed by atoms with Crippen LogP contribution in [0.3, 0.4) is 0 Å². The third-order valence-corrected chi connectivity index (χ3v) is 4.02. The molecule has 2 aromatic carbocycles. The maximum atomic E-state index is 12.3. The molecule has 0 aromatic heterocycles. The van der Waals surface area contributed by atoms with Crippen LogP contribution in [0.25, 0.3) is 0 Å². The summed E-state index contributed by atoms with van der Waals surface area (Å²) >= 11 is 0. The first-order chi connectivity index (χ1) is 12.0. The van der Waals surface area contributed by atoms with E-state index in [-0.39, 0.29) is 17.7 Å². The van der Waals surface area contributed by atoms with Crippen LogP contribution in [0.5, 0.6) is 5.75 Å². The standard InChI is InChI=1S/C21H25NO3/c1-15(12-13-18-8-5-4-6-9-18)22-21(24)17(3)25-20-11-7-10-19(14-20)16(2)23/h4-11,14-15,17H,12-13H2,1-3H3,(H,22,24)/t15-,17-/m0/s1. The topological polar surface area (TPSA) is 55.4 Å². The Morgan fingerprint density at radius 1 is 1.04 bits per heavy atom. The second-order valence-electron chi connectivity index (χ2n) is 6.28. The van der Waals surface area contributed by atoms with Crippen molar-refractivity contribution >= 4 is 11.7 Å². The molecule has 0 saturated heterocycles. The molecule has 0 heterocycles. The van der Waals surface area contributed by atoms with E-state index in [0.29, 0.717) is 11.3 Å². The summed E-state index contributed by atoms with van der Waals surface area (Å²) in [6.45, 7) is 5.20. The smallest absolute Gasteiger partial charge is 0.260 e. The van der Waals surface area contributed by atoms with E-state index >= 15 is 0 Å². The molecule has 0 radical (unpaired) electrons. The number of ether oxygens (including phenoxy) is 1. The largest absolute Gasteiger partial charge is 0.481 e. The van der Waals surface area contributed by atoms with Crippen molar-refractivity contribution in [2.45, 2.75) is 45.8 Å². The van der Waals surface area contributed by atoms with Gasteiger partial charge in [0.2, 0.25) is 0 Å². The van der Waals surface area contributed by atoms with Gasteiger partial charge in [-0.2, -0.15) is 0 Å². The summed E-state index contributed by atoms with van der Waals surface area (Å²) in [5.41, 5.74) is 1.83. The second kappa shape index (κ2) is 9.02. The van der Waals surface area contributed by atoms with Crippen molar-refractivity contribution in [3.63, 3.8) is 0 Å². The molecule has 0 unspecified atom stereocenters. The molecular weight excluding hydrogens is 314 g/mol. The van der Waals surface area contributed by atoms with Crippen molar-refractivity contribution in [2.24, 2.45) is 0 Å². The number of benzene rings is 2. The van der Waals surface area contributed by atoms with Gasteiger partial charge in [-0.1, -0.05) is 42.5 Å². The van der Waals surface area contributed by atoms with Crippen LogP contribution in [-0.2, 0) is 11.2 Å². The normalized spacial score (nSPS) is 12.9. The van der Waals surface area contributed by atoms with Gasteiger partial charge in [-0.05, 0) is 51.3 Å². The third kappa shape index (κ3) is 6.07. The number of ketones is 1. The highest BCUT2D eigenvalue weighted by Gasteiger charge is 2.17. The van der Waals surface area contributed by atoms with Crippen molar-refractivity contribution in [3.8, 4) is 5.75 Å². The van der Waals surface area contributed by atoms with E-state index in [1.807, 2.05) is 25.1 Å². The zero-order valence-electron chi connectivity index (χ0n) is 15.0. The Bertz CT molecular complexity index is 712. The summed E-state index contributed by atoms with van der Waals surface area (Å²) in [5.74, 6) is 0.332. The Labute approximate surface area is 149 Å². The van der Waals surface area contributed by atoms with Gasteiger partial charge in [-0.3, -0.25) is 9.59 Å². The molecule has 25 heavy (non-hydrogen) atoms. The highest BCUT2D eigenvalue weighted by Crippen LogP contribution is 2.15. The van der Waals surface area contributed by atoms with E-state index in [4.69, 9.17) is 4.74 Å². The molecule has 4 heteroatoms. The van der Waals surface area contributed by atoms with Crippen LogP contribution < -0.4 is 10.1 Å². The van der Waals surface area contributed by atoms with Crippen LogP contribution >= 0.6 is 0 Å². The van der Waals surface area contributed by atoms with Gasteiger partial charge >= 0.3 is 0 Å². The van der Waals surface area contributed by atoms with Gasteiger partial charge in [0.05, 0.1) is 0 Å². The van der Waals surface area contributed by atoms with Crippen LogP contribution in [0.15, 0.2) is 54.6 Å². The van der Waals surface area contributed by atoms with Gasteiger partial charge in [0.1, 0.15) is 5.75 Å². The lowest BCUT2D eigenvalue weighted by Gasteiger charge is -2.19. The summed E-state index contributed by atoms with van der Waals surface area (Å²) in [5, 5.41) is 2.98. The number of hydrogen-bond donors (Lipinski definition) is 1. The quantitative estimate of drug-likeness (QED) is 0.744. The molecule has 2 atom stereocenters. The summed E-state index contributed by atoms with van der Waals surface area (Å²) in [6.07, 6.45) is 1.15. The van der Waals surface area contributed by atoms with Crippen molar-refractivity contribution < 1.29 is 14.3 Å². The van der Waals surface area contributed by atoms with Crippen molar-refractivity contribution in [3.05, 3.63) is 65.7 Å². The molecule has 1 amide bonds. The number of rotatable bonds is 8. The minimum absolute atomic E-state index is 0.0305. The predicted octanol–water partition coefficient (Wildman–Crippen LogP) is 3.79. The monoisotopic (exact) mass is 339 g/mol. The number of hydrogen-bond acceptors (Lipinski definition) is 3. The van der Waals surface area contributed by atoms with Gasteiger partial charge in [0.25, 0.3) is 5.91 Å². The Kier molecular flexibility index (Phi) is 6.75. The molecule has 0 spiro atoms. The van der Waals surface area contributed by atoms with Crippen LogP contribution in [0.1, 0.15) is 43.1 Å². The number of nitrogens with one attached hydrogen (secondary N) is 1. The van der Waals surface area contributed by atoms with Crippen molar-refractivity contribution in [2.75, 3.05) is 0 Å². The first-order valence-corrected chi connectivity index (χ1v) is 8.57. The first-order valence-electron chi connectivity index (χ1n) is 8.57. The Hall–Kier alpha value is -2.62. The van der Waals surface area contributed by atoms with Crippen LogP contribution in [0, 0.1) is 0 Å². The number of aryl methyl sites for hydroxylation is 1. The molecule has 2 rings (SSSR count). The number of carbonyl (C=O) groups excluding carboxylic acids is 2. The lowest BCUT2D eigenvalue weighted by Crippen LogP contribution is -2.41. The molecule has 4 nitrogen and oxygen atoms in total. The maximum absolute atomic E-state index is 12.3. The lowest BCUT2D eigenvalue weighted by molar-refractivity contribution is -0.127. The van der Waals surface area contributed by atoms with Crippen molar-refractivity contribution in [1.29, 1.82) is 0 Å². The summed E-state index contributed by atoms with van der Waals surface area (Å²) in [4.78, 5) is 23.7. The molecule has 0 bridgehead atoms. The first kappa shape index (κ1) is 18.7. The maximum Gasteiger partial charge on any atom is 0.260 e. The summed E-state index contributed by atoms with van der Waals surface area (Å²) < 4.78 is 5.67. The molecule has 2 aromatic rings. The fourth-order valence-corrected chi connectivity index (χ4v) is 2.51. The predicted molar refractivity (Wildman–Crippen MR) is 98.9 cm³/mol. The van der Waals surface area contributed by atoms with Crippen LogP contribution in [0.2, 0.25) is 0 Å². The van der Waals surface area contributed by atoms with E-state index in [9.17, 15) is 9.59 Å². The lowest BCUT2D eigenvalue weighted by atomic mass is 10.1. The second-order valence-corrected chi connectivity index (χ2v) is 6.28. The van der Waals surface area contributed by atoms with E-state index in [2.05, 4.69) is 17.4 Å². The number of carbonyl (C=O) groups is 2. The highest BCUT2D eigenvalue weighted by atomic mass is 16.5. The molecule has 0 aliphatic heterocycles. The molecule has 0 aliphatic carbocycles.